The Bertz CT molecular complexity index is 1010. The van der Waals surface area contributed by atoms with Crippen molar-refractivity contribution in [2.24, 2.45) is 0 Å². The lowest BCUT2D eigenvalue weighted by Crippen LogP contribution is -2.29. The van der Waals surface area contributed by atoms with Gasteiger partial charge in [0.05, 0.1) is 18.1 Å². The Balaban J connectivity index is 1.49. The van der Waals surface area contributed by atoms with Crippen LogP contribution in [0.15, 0.2) is 79.6 Å². The highest BCUT2D eigenvalue weighted by Gasteiger charge is 2.18. The van der Waals surface area contributed by atoms with Crippen LogP contribution in [0.1, 0.15) is 28.5 Å². The summed E-state index contributed by atoms with van der Waals surface area (Å²) in [6.07, 6.45) is 9.59. The van der Waals surface area contributed by atoms with Crippen LogP contribution in [0.5, 0.6) is 0 Å². The number of nitrogens with one attached hydrogen (secondary N) is 2. The third kappa shape index (κ3) is 4.15. The Morgan fingerprint density at radius 1 is 1.07 bits per heavy atom. The van der Waals surface area contributed by atoms with Crippen molar-refractivity contribution >= 4 is 5.91 Å². The average molecular weight is 372 g/mol. The van der Waals surface area contributed by atoms with Crippen LogP contribution in [0.3, 0.4) is 0 Å². The van der Waals surface area contributed by atoms with Crippen molar-refractivity contribution in [1.29, 1.82) is 0 Å². The van der Waals surface area contributed by atoms with E-state index in [0.29, 0.717) is 11.4 Å². The Morgan fingerprint density at radius 2 is 1.89 bits per heavy atom. The highest BCUT2D eigenvalue weighted by molar-refractivity contribution is 5.93. The summed E-state index contributed by atoms with van der Waals surface area (Å²) < 4.78 is 2.00. The van der Waals surface area contributed by atoms with Crippen molar-refractivity contribution < 1.29 is 4.79 Å². The molecule has 3 aromatic heterocycles. The molecule has 1 atom stereocenters. The van der Waals surface area contributed by atoms with Crippen molar-refractivity contribution in [2.45, 2.75) is 19.0 Å². The van der Waals surface area contributed by atoms with Gasteiger partial charge in [0, 0.05) is 36.9 Å². The maximum atomic E-state index is 12.8. The number of rotatable bonds is 7. The number of aromatic amines is 1. The molecule has 0 bridgehead atoms. The van der Waals surface area contributed by atoms with Gasteiger partial charge >= 0.3 is 0 Å². The van der Waals surface area contributed by atoms with Crippen LogP contribution in [-0.2, 0) is 6.54 Å². The smallest absolute Gasteiger partial charge is 0.269 e. The molecule has 0 fully saturated rings. The van der Waals surface area contributed by atoms with Crippen LogP contribution in [0.4, 0.5) is 0 Å². The minimum atomic E-state index is -0.188. The number of imidazole rings is 1. The van der Waals surface area contributed by atoms with E-state index in [1.807, 2.05) is 53.2 Å². The first-order chi connectivity index (χ1) is 13.8. The fourth-order valence-corrected chi connectivity index (χ4v) is 3.05. The summed E-state index contributed by atoms with van der Waals surface area (Å²) in [5, 5.41) is 10.2. The molecule has 0 aliphatic heterocycles. The third-order valence-corrected chi connectivity index (χ3v) is 4.54. The molecule has 1 aromatic carbocycles. The van der Waals surface area contributed by atoms with Crippen molar-refractivity contribution in [2.75, 3.05) is 0 Å². The number of aryl methyl sites for hydroxylation is 1. The van der Waals surface area contributed by atoms with Gasteiger partial charge in [0.15, 0.2) is 0 Å². The van der Waals surface area contributed by atoms with Crippen LogP contribution >= 0.6 is 0 Å². The van der Waals surface area contributed by atoms with Crippen molar-refractivity contribution in [3.8, 4) is 11.3 Å². The van der Waals surface area contributed by atoms with Crippen LogP contribution in [0, 0.1) is 0 Å². The lowest BCUT2D eigenvalue weighted by atomic mass is 10.0. The van der Waals surface area contributed by atoms with Gasteiger partial charge in [-0.25, -0.2) is 4.98 Å². The van der Waals surface area contributed by atoms with Crippen LogP contribution < -0.4 is 5.32 Å². The van der Waals surface area contributed by atoms with E-state index in [2.05, 4.69) is 25.5 Å². The number of hydrogen-bond acceptors (Lipinski definition) is 4. The Labute approximate surface area is 162 Å². The zero-order valence-electron chi connectivity index (χ0n) is 15.2. The number of aromatic nitrogens is 5. The lowest BCUT2D eigenvalue weighted by Gasteiger charge is -2.19. The molecule has 0 aliphatic rings. The molecule has 0 saturated carbocycles. The standard InChI is InChI=1S/C21H20N6O/c28-21(20-14-19(25-26-20)17-6-9-22-10-7-17)24-18(16-4-2-1-3-5-16)8-12-27-13-11-23-15-27/h1-7,9-11,13-15,18H,8,12H2,(H,24,28)(H,25,26)/t18-/m1/s1. The quantitative estimate of drug-likeness (QED) is 0.521. The first-order valence-electron chi connectivity index (χ1n) is 9.07. The molecule has 0 unspecified atom stereocenters. The highest BCUT2D eigenvalue weighted by Crippen LogP contribution is 2.20. The van der Waals surface area contributed by atoms with Crippen molar-refractivity contribution in [3.05, 3.63) is 90.9 Å². The molecular weight excluding hydrogens is 352 g/mol. The summed E-state index contributed by atoms with van der Waals surface area (Å²) >= 11 is 0. The molecule has 0 saturated heterocycles. The summed E-state index contributed by atoms with van der Waals surface area (Å²) in [5.74, 6) is -0.188. The van der Waals surface area contributed by atoms with E-state index in [-0.39, 0.29) is 11.9 Å². The topological polar surface area (TPSA) is 88.5 Å². The summed E-state index contributed by atoms with van der Waals surface area (Å²) in [5.41, 5.74) is 3.10. The summed E-state index contributed by atoms with van der Waals surface area (Å²) in [6, 6.07) is 15.3. The molecule has 7 heteroatoms. The predicted octanol–water partition coefficient (Wildman–Crippen LogP) is 3.23. The zero-order chi connectivity index (χ0) is 19.2. The molecule has 1 amide bonds. The van der Waals surface area contributed by atoms with Gasteiger partial charge in [0.1, 0.15) is 5.69 Å². The minimum Gasteiger partial charge on any atom is -0.344 e. The highest BCUT2D eigenvalue weighted by atomic mass is 16.2. The molecule has 7 nitrogen and oxygen atoms in total. The fraction of sp³-hybridized carbons (Fsp3) is 0.143. The first kappa shape index (κ1) is 17.7. The van der Waals surface area contributed by atoms with Crippen LogP contribution in [-0.4, -0.2) is 30.6 Å². The molecule has 0 radical (unpaired) electrons. The van der Waals surface area contributed by atoms with Crippen LogP contribution in [0.2, 0.25) is 0 Å². The third-order valence-electron chi connectivity index (χ3n) is 4.54. The minimum absolute atomic E-state index is 0.122. The van der Waals surface area contributed by atoms with E-state index in [9.17, 15) is 4.79 Å². The largest absolute Gasteiger partial charge is 0.344 e. The maximum absolute atomic E-state index is 12.8. The van der Waals surface area contributed by atoms with Gasteiger partial charge in [-0.3, -0.25) is 14.9 Å². The van der Waals surface area contributed by atoms with E-state index in [4.69, 9.17) is 0 Å². The van der Waals surface area contributed by atoms with Gasteiger partial charge < -0.3 is 9.88 Å². The van der Waals surface area contributed by atoms with Gasteiger partial charge in [-0.1, -0.05) is 30.3 Å². The predicted molar refractivity (Wildman–Crippen MR) is 105 cm³/mol. The maximum Gasteiger partial charge on any atom is 0.269 e. The SMILES string of the molecule is O=C(N[C@H](CCn1ccnc1)c1ccccc1)c1cc(-c2ccncc2)n[nH]1. The van der Waals surface area contributed by atoms with E-state index in [1.54, 1.807) is 31.0 Å². The van der Waals surface area contributed by atoms with Gasteiger partial charge in [-0.15, -0.1) is 0 Å². The molecule has 2 N–H and O–H groups in total. The van der Waals surface area contributed by atoms with Gasteiger partial charge in [0.2, 0.25) is 0 Å². The molecule has 0 aliphatic carbocycles. The van der Waals surface area contributed by atoms with Crippen molar-refractivity contribution in [3.63, 3.8) is 0 Å². The number of H-pyrrole nitrogens is 1. The molecule has 28 heavy (non-hydrogen) atoms. The van der Waals surface area contributed by atoms with Gasteiger partial charge in [-0.2, -0.15) is 5.10 Å². The normalized spacial score (nSPS) is 11.9. The summed E-state index contributed by atoms with van der Waals surface area (Å²) in [6.45, 7) is 0.755. The molecular formula is C21H20N6O. The second kappa shape index (κ2) is 8.30. The second-order valence-electron chi connectivity index (χ2n) is 6.43. The average Bonchev–Trinajstić information content (AvgIpc) is 3.44. The van der Waals surface area contributed by atoms with E-state index in [0.717, 1.165) is 24.1 Å². The monoisotopic (exact) mass is 372 g/mol. The Kier molecular flexibility index (Phi) is 5.24. The molecule has 3 heterocycles. The van der Waals surface area contributed by atoms with Gasteiger partial charge in [0.25, 0.3) is 5.91 Å². The number of carbonyl (C=O) groups excluding carboxylic acids is 1. The zero-order valence-corrected chi connectivity index (χ0v) is 15.2. The van der Waals surface area contributed by atoms with E-state index >= 15 is 0 Å². The summed E-state index contributed by atoms with van der Waals surface area (Å²) in [4.78, 5) is 20.9. The van der Waals surface area contributed by atoms with E-state index < -0.39 is 0 Å². The molecule has 4 aromatic rings. The Morgan fingerprint density at radius 3 is 2.64 bits per heavy atom. The molecule has 140 valence electrons. The van der Waals surface area contributed by atoms with E-state index in [1.165, 1.54) is 0 Å². The molecule has 0 spiro atoms. The first-order valence-corrected chi connectivity index (χ1v) is 9.07. The lowest BCUT2D eigenvalue weighted by molar-refractivity contribution is 0.0928. The van der Waals surface area contributed by atoms with Gasteiger partial charge in [-0.05, 0) is 30.2 Å². The van der Waals surface area contributed by atoms with Crippen molar-refractivity contribution in [1.82, 2.24) is 30.0 Å². The number of amides is 1. The number of pyridine rings is 1. The number of nitrogens with zero attached hydrogens (tertiary/aromatic N) is 4. The Hall–Kier alpha value is -3.74. The number of benzene rings is 1. The second-order valence-corrected chi connectivity index (χ2v) is 6.43. The fourth-order valence-electron chi connectivity index (χ4n) is 3.05. The number of hydrogen-bond donors (Lipinski definition) is 2. The number of carbonyl (C=O) groups is 1. The van der Waals surface area contributed by atoms with Crippen LogP contribution in [0.25, 0.3) is 11.3 Å². The summed E-state index contributed by atoms with van der Waals surface area (Å²) in [7, 11) is 0. The molecule has 4 rings (SSSR count).